The third-order valence-electron chi connectivity index (χ3n) is 2.87. The normalized spacial score (nSPS) is 13.3. The van der Waals surface area contributed by atoms with E-state index in [1.165, 1.54) is 25.5 Å². The number of nitrogen functional groups attached to an aromatic ring is 1. The number of aliphatic carboxylic acids is 1. The number of ketones is 1. The third kappa shape index (κ3) is 4.00. The summed E-state index contributed by atoms with van der Waals surface area (Å²) in [5, 5.41) is 24.3. The number of nitrogens with zero attached hydrogens (tertiary/aromatic N) is 6. The van der Waals surface area contributed by atoms with Crippen molar-refractivity contribution >= 4 is 40.2 Å². The number of carbonyl (C=O) groups excluding carboxylic acids is 2. The quantitative estimate of drug-likeness (QED) is 0.342. The number of thiazole rings is 1. The molecule has 0 saturated carbocycles. The molecule has 0 aliphatic rings. The smallest absolute Gasteiger partial charge is 0.350 e. The first kappa shape index (κ1) is 18.1. The minimum atomic E-state index is -1.72. The van der Waals surface area contributed by atoms with Crippen molar-refractivity contribution in [2.45, 2.75) is 25.5 Å². The summed E-state index contributed by atoms with van der Waals surface area (Å²) in [4.78, 5) is 43.8. The maximum Gasteiger partial charge on any atom is 0.350 e. The van der Waals surface area contributed by atoms with Crippen molar-refractivity contribution < 1.29 is 24.3 Å². The minimum absolute atomic E-state index is 0.0158. The highest BCUT2D eigenvalue weighted by molar-refractivity contribution is 7.13. The van der Waals surface area contributed by atoms with E-state index in [-0.39, 0.29) is 10.8 Å². The van der Waals surface area contributed by atoms with Gasteiger partial charge in [0.15, 0.2) is 16.9 Å². The molecule has 2 rings (SSSR count). The highest BCUT2D eigenvalue weighted by Crippen LogP contribution is 2.17. The molecule has 0 aromatic carbocycles. The largest absolute Gasteiger partial charge is 0.478 e. The van der Waals surface area contributed by atoms with Gasteiger partial charge in [0.1, 0.15) is 12.0 Å². The van der Waals surface area contributed by atoms with Gasteiger partial charge in [-0.05, 0) is 24.3 Å². The van der Waals surface area contributed by atoms with Gasteiger partial charge in [0, 0.05) is 5.38 Å². The SMILES string of the molecule is CC(C)(ON=C(C(=O)C([C]=O)n1cnnn1)c1csc(N)n1)C(=O)O. The molecule has 13 heteroatoms. The van der Waals surface area contributed by atoms with Crippen LogP contribution in [0.25, 0.3) is 0 Å². The van der Waals surface area contributed by atoms with E-state index in [1.54, 1.807) is 0 Å². The Kier molecular flexibility index (Phi) is 5.17. The van der Waals surface area contributed by atoms with E-state index >= 15 is 0 Å². The second-order valence-corrected chi connectivity index (χ2v) is 5.98. The molecule has 0 spiro atoms. The maximum absolute atomic E-state index is 12.7. The third-order valence-corrected chi connectivity index (χ3v) is 3.54. The zero-order valence-electron chi connectivity index (χ0n) is 13.0. The lowest BCUT2D eigenvalue weighted by molar-refractivity contribution is -0.161. The number of hydrogen-bond acceptors (Lipinski definition) is 11. The van der Waals surface area contributed by atoms with E-state index < -0.39 is 29.1 Å². The van der Waals surface area contributed by atoms with Gasteiger partial charge in [0.25, 0.3) is 0 Å². The number of aromatic nitrogens is 5. The summed E-state index contributed by atoms with van der Waals surface area (Å²) in [6.45, 7) is 2.47. The average Bonchev–Trinajstić information content (AvgIpc) is 3.20. The van der Waals surface area contributed by atoms with E-state index in [4.69, 9.17) is 15.7 Å². The fraction of sp³-hybridized carbons (Fsp3) is 0.333. The Labute approximate surface area is 144 Å². The lowest BCUT2D eigenvalue weighted by Crippen LogP contribution is -2.35. The Hall–Kier alpha value is -3.22. The standard InChI is InChI=1S/C12H12N7O5S/c1-12(2,10(22)23)24-16-8(6-4-25-11(13)15-6)9(21)7(3-20)19-5-14-17-18-19/h4-5,7H,1-2H3,(H2,13,15)(H,22,23). The molecule has 25 heavy (non-hydrogen) atoms. The molecule has 131 valence electrons. The highest BCUT2D eigenvalue weighted by atomic mass is 32.1. The second-order valence-electron chi connectivity index (χ2n) is 5.09. The zero-order valence-corrected chi connectivity index (χ0v) is 13.8. The molecule has 0 bridgehead atoms. The van der Waals surface area contributed by atoms with Gasteiger partial charge in [-0.3, -0.25) is 9.59 Å². The molecule has 0 amide bonds. The summed E-state index contributed by atoms with van der Waals surface area (Å²) in [5.41, 5.74) is 3.43. The number of hydrogen-bond donors (Lipinski definition) is 2. The molecular formula is C12H12N7O5S. The van der Waals surface area contributed by atoms with Crippen LogP contribution in [-0.2, 0) is 19.2 Å². The molecule has 2 heterocycles. The number of carbonyl (C=O) groups is 2. The van der Waals surface area contributed by atoms with Gasteiger partial charge >= 0.3 is 5.97 Å². The van der Waals surface area contributed by atoms with Crippen molar-refractivity contribution in [2.75, 3.05) is 5.73 Å². The summed E-state index contributed by atoms with van der Waals surface area (Å²) >= 11 is 1.02. The number of tetrazole rings is 1. The number of oxime groups is 1. The molecule has 1 radical (unpaired) electrons. The van der Waals surface area contributed by atoms with Gasteiger partial charge in [0.2, 0.25) is 17.7 Å². The first-order valence-electron chi connectivity index (χ1n) is 6.61. The molecule has 3 N–H and O–H groups in total. The molecule has 2 aromatic rings. The van der Waals surface area contributed by atoms with E-state index in [0.717, 1.165) is 22.3 Å². The fourth-order valence-corrected chi connectivity index (χ4v) is 2.00. The van der Waals surface area contributed by atoms with Gasteiger partial charge in [-0.2, -0.15) is 0 Å². The van der Waals surface area contributed by atoms with Gasteiger partial charge in [-0.1, -0.05) is 5.16 Å². The van der Waals surface area contributed by atoms with Crippen molar-refractivity contribution in [3.8, 4) is 0 Å². The van der Waals surface area contributed by atoms with Crippen LogP contribution in [-0.4, -0.2) is 59.6 Å². The van der Waals surface area contributed by atoms with Crippen molar-refractivity contribution in [2.24, 2.45) is 5.16 Å². The molecule has 1 atom stereocenters. The maximum atomic E-state index is 12.7. The highest BCUT2D eigenvalue weighted by Gasteiger charge is 2.33. The monoisotopic (exact) mass is 366 g/mol. The predicted molar refractivity (Wildman–Crippen MR) is 83.4 cm³/mol. The molecular weight excluding hydrogens is 354 g/mol. The number of anilines is 1. The van der Waals surface area contributed by atoms with Crippen LogP contribution >= 0.6 is 11.3 Å². The minimum Gasteiger partial charge on any atom is -0.478 e. The summed E-state index contributed by atoms with van der Waals surface area (Å²) in [5.74, 6) is -2.20. The van der Waals surface area contributed by atoms with E-state index in [0.29, 0.717) is 0 Å². The molecule has 0 saturated heterocycles. The van der Waals surface area contributed by atoms with Crippen molar-refractivity contribution in [3.05, 3.63) is 17.4 Å². The van der Waals surface area contributed by atoms with E-state index in [2.05, 4.69) is 25.7 Å². The number of nitrogens with two attached hydrogens (primary N) is 1. The molecule has 0 aliphatic heterocycles. The Morgan fingerprint density at radius 1 is 1.52 bits per heavy atom. The number of Topliss-reactive ketones (excluding diaryl/α,β-unsaturated/α-hetero) is 1. The predicted octanol–water partition coefficient (Wildman–Crippen LogP) is -0.784. The first-order chi connectivity index (χ1) is 11.8. The topological polar surface area (TPSA) is 176 Å². The average molecular weight is 366 g/mol. The van der Waals surface area contributed by atoms with Gasteiger partial charge in [-0.15, -0.1) is 16.4 Å². The summed E-state index contributed by atoms with van der Waals surface area (Å²) < 4.78 is 0.864. The molecule has 0 aliphatic carbocycles. The van der Waals surface area contributed by atoms with Gasteiger partial charge in [0.05, 0.1) is 0 Å². The van der Waals surface area contributed by atoms with Crippen LogP contribution in [0, 0.1) is 0 Å². The Balaban J connectivity index is 2.42. The van der Waals surface area contributed by atoms with Crippen LogP contribution in [0.1, 0.15) is 25.6 Å². The lowest BCUT2D eigenvalue weighted by Gasteiger charge is -2.17. The molecule has 1 unspecified atom stereocenters. The first-order valence-corrected chi connectivity index (χ1v) is 7.49. The Bertz CT molecular complexity index is 814. The van der Waals surface area contributed by atoms with Crippen LogP contribution in [0.2, 0.25) is 0 Å². The van der Waals surface area contributed by atoms with Crippen molar-refractivity contribution in [3.63, 3.8) is 0 Å². The summed E-state index contributed by atoms with van der Waals surface area (Å²) in [7, 11) is 0. The Morgan fingerprint density at radius 2 is 2.24 bits per heavy atom. The molecule has 2 aromatic heterocycles. The van der Waals surface area contributed by atoms with Crippen LogP contribution in [0.4, 0.5) is 5.13 Å². The summed E-state index contributed by atoms with van der Waals surface area (Å²) in [6, 6.07) is -1.55. The second kappa shape index (κ2) is 7.12. The van der Waals surface area contributed by atoms with Crippen molar-refractivity contribution in [1.29, 1.82) is 0 Å². The molecule has 0 fully saturated rings. The van der Waals surface area contributed by atoms with Crippen LogP contribution in [0.3, 0.4) is 0 Å². The van der Waals surface area contributed by atoms with Gasteiger partial charge in [-0.25, -0.2) is 14.5 Å². The zero-order chi connectivity index (χ0) is 18.6. The molecule has 12 nitrogen and oxygen atoms in total. The van der Waals surface area contributed by atoms with Crippen LogP contribution < -0.4 is 5.73 Å². The number of rotatable bonds is 8. The Morgan fingerprint density at radius 3 is 2.72 bits per heavy atom. The number of carboxylic acid groups (broad SMARTS) is 1. The van der Waals surface area contributed by atoms with E-state index in [9.17, 15) is 14.4 Å². The van der Waals surface area contributed by atoms with E-state index in [1.807, 2.05) is 0 Å². The van der Waals surface area contributed by atoms with Crippen LogP contribution in [0.5, 0.6) is 0 Å². The van der Waals surface area contributed by atoms with Gasteiger partial charge < -0.3 is 15.7 Å². The van der Waals surface area contributed by atoms with Crippen LogP contribution in [0.15, 0.2) is 16.9 Å². The van der Waals surface area contributed by atoms with Crippen molar-refractivity contribution in [1.82, 2.24) is 25.2 Å². The lowest BCUT2D eigenvalue weighted by atomic mass is 10.1. The number of carboxylic acids is 1. The summed E-state index contributed by atoms with van der Waals surface area (Å²) in [6.07, 6.45) is 2.54. The fourth-order valence-electron chi connectivity index (χ4n) is 1.46.